The molecule has 0 unspecified atom stereocenters. The first-order valence-electron chi connectivity index (χ1n) is 6.26. The maximum Gasteiger partial charge on any atom is 0.331 e. The van der Waals surface area contributed by atoms with Crippen LogP contribution in [0.2, 0.25) is 0 Å². The van der Waals surface area contributed by atoms with Gasteiger partial charge in [-0.1, -0.05) is 0 Å². The number of carbonyl (C=O) groups excluding carboxylic acids is 2. The Morgan fingerprint density at radius 3 is 2.28 bits per heavy atom. The van der Waals surface area contributed by atoms with Gasteiger partial charge in [-0.2, -0.15) is 0 Å². The molecule has 0 aliphatic carbocycles. The molecule has 0 aromatic carbocycles. The van der Waals surface area contributed by atoms with Crippen LogP contribution < -0.4 is 5.32 Å². The van der Waals surface area contributed by atoms with E-state index < -0.39 is 17.5 Å². The van der Waals surface area contributed by atoms with Crippen molar-refractivity contribution in [2.75, 3.05) is 20.2 Å². The molecule has 1 aliphatic heterocycles. The number of piperidine rings is 1. The van der Waals surface area contributed by atoms with Crippen LogP contribution in [-0.4, -0.2) is 37.7 Å². The summed E-state index contributed by atoms with van der Waals surface area (Å²) in [6, 6.07) is 0. The van der Waals surface area contributed by atoms with E-state index in [9.17, 15) is 9.59 Å². The Morgan fingerprint density at radius 1 is 1.17 bits per heavy atom. The van der Waals surface area contributed by atoms with Crippen LogP contribution in [0.25, 0.3) is 0 Å². The maximum atomic E-state index is 11.6. The van der Waals surface area contributed by atoms with Crippen LogP contribution in [0.4, 0.5) is 0 Å². The zero-order valence-electron chi connectivity index (χ0n) is 11.3. The van der Waals surface area contributed by atoms with Gasteiger partial charge in [0.2, 0.25) is 0 Å². The lowest BCUT2D eigenvalue weighted by molar-refractivity contribution is -0.665. The number of methoxy groups -OCH3 is 1. The monoisotopic (exact) mass is 256 g/mol. The quantitative estimate of drug-likeness (QED) is 0.568. The van der Waals surface area contributed by atoms with Crippen molar-refractivity contribution >= 4 is 11.9 Å². The Kier molecular flexibility index (Phi) is 5.34. The molecule has 1 heterocycles. The summed E-state index contributed by atoms with van der Waals surface area (Å²) < 4.78 is 9.83. The van der Waals surface area contributed by atoms with Gasteiger partial charge in [-0.05, 0) is 13.8 Å². The van der Waals surface area contributed by atoms with Gasteiger partial charge in [0.25, 0.3) is 0 Å². The predicted octanol–water partition coefficient (Wildman–Crippen LogP) is 0.0108. The molecule has 5 nitrogen and oxygen atoms in total. The van der Waals surface area contributed by atoms with Crippen molar-refractivity contribution < 1.29 is 24.4 Å². The Morgan fingerprint density at radius 2 is 1.72 bits per heavy atom. The summed E-state index contributed by atoms with van der Waals surface area (Å²) in [7, 11) is 1.26. The van der Waals surface area contributed by atoms with Crippen molar-refractivity contribution in [2.45, 2.75) is 32.3 Å². The Hall–Kier alpha value is -1.36. The van der Waals surface area contributed by atoms with E-state index in [2.05, 4.69) is 10.1 Å². The van der Waals surface area contributed by atoms with Gasteiger partial charge in [0, 0.05) is 30.9 Å². The van der Waals surface area contributed by atoms with Crippen LogP contribution in [0.15, 0.2) is 12.2 Å². The molecule has 0 amide bonds. The molecule has 0 aromatic rings. The standard InChI is InChI=1S/C13H21NO4/c1-13(2,10-6-8-14-9-7-10)18-12(16)5-4-11(15)17-3/h4-5,10,14H,6-9H2,1-3H3/p+1/b5-4-. The first kappa shape index (κ1) is 14.7. The fourth-order valence-corrected chi connectivity index (χ4v) is 2.20. The first-order chi connectivity index (χ1) is 8.45. The van der Waals surface area contributed by atoms with Crippen molar-refractivity contribution in [3.05, 3.63) is 12.2 Å². The Balaban J connectivity index is 2.50. The van der Waals surface area contributed by atoms with Crippen LogP contribution in [0.1, 0.15) is 26.7 Å². The molecular formula is C13H22NO4+. The molecule has 18 heavy (non-hydrogen) atoms. The molecule has 1 fully saturated rings. The van der Waals surface area contributed by atoms with Crippen molar-refractivity contribution in [1.29, 1.82) is 0 Å². The molecule has 2 N–H and O–H groups in total. The highest BCUT2D eigenvalue weighted by atomic mass is 16.6. The number of rotatable bonds is 4. The van der Waals surface area contributed by atoms with Crippen LogP contribution in [0, 0.1) is 5.92 Å². The lowest BCUT2D eigenvalue weighted by atomic mass is 9.83. The van der Waals surface area contributed by atoms with E-state index in [0.29, 0.717) is 5.92 Å². The van der Waals surface area contributed by atoms with E-state index in [-0.39, 0.29) is 0 Å². The summed E-state index contributed by atoms with van der Waals surface area (Å²) in [5.74, 6) is -0.685. The van der Waals surface area contributed by atoms with Gasteiger partial charge in [-0.25, -0.2) is 9.59 Å². The molecule has 1 aliphatic rings. The van der Waals surface area contributed by atoms with Crippen LogP contribution in [0.3, 0.4) is 0 Å². The number of esters is 2. The minimum absolute atomic E-state index is 0.373. The molecule has 0 spiro atoms. The second kappa shape index (κ2) is 6.54. The fourth-order valence-electron chi connectivity index (χ4n) is 2.20. The average Bonchev–Trinajstić information content (AvgIpc) is 2.36. The average molecular weight is 256 g/mol. The van der Waals surface area contributed by atoms with Gasteiger partial charge in [0.15, 0.2) is 0 Å². The third-order valence-corrected chi connectivity index (χ3v) is 3.34. The van der Waals surface area contributed by atoms with Gasteiger partial charge >= 0.3 is 11.9 Å². The Labute approximate surface area is 108 Å². The maximum absolute atomic E-state index is 11.6. The van der Waals surface area contributed by atoms with Crippen molar-refractivity contribution in [3.8, 4) is 0 Å². The Bertz CT molecular complexity index is 330. The van der Waals surface area contributed by atoms with Gasteiger partial charge < -0.3 is 14.8 Å². The van der Waals surface area contributed by atoms with Crippen molar-refractivity contribution in [2.24, 2.45) is 5.92 Å². The van der Waals surface area contributed by atoms with Gasteiger partial charge in [-0.15, -0.1) is 0 Å². The molecule has 0 aromatic heterocycles. The van der Waals surface area contributed by atoms with Crippen molar-refractivity contribution in [3.63, 3.8) is 0 Å². The zero-order valence-corrected chi connectivity index (χ0v) is 11.3. The van der Waals surface area contributed by atoms with Crippen LogP contribution in [0.5, 0.6) is 0 Å². The minimum atomic E-state index is -0.558. The predicted molar refractivity (Wildman–Crippen MR) is 65.7 cm³/mol. The lowest BCUT2D eigenvalue weighted by Gasteiger charge is -2.35. The third-order valence-electron chi connectivity index (χ3n) is 3.34. The molecule has 0 atom stereocenters. The second-order valence-electron chi connectivity index (χ2n) is 5.02. The highest BCUT2D eigenvalue weighted by Gasteiger charge is 2.34. The molecule has 0 radical (unpaired) electrons. The van der Waals surface area contributed by atoms with Crippen molar-refractivity contribution in [1.82, 2.24) is 0 Å². The molecule has 0 saturated carbocycles. The number of hydrogen-bond donors (Lipinski definition) is 1. The van der Waals surface area contributed by atoms with E-state index in [0.717, 1.165) is 38.1 Å². The minimum Gasteiger partial charge on any atom is -0.466 e. The molecule has 1 saturated heterocycles. The van der Waals surface area contributed by atoms with E-state index in [1.54, 1.807) is 0 Å². The molecule has 1 rings (SSSR count). The molecule has 102 valence electrons. The van der Waals surface area contributed by atoms with Gasteiger partial charge in [0.1, 0.15) is 5.60 Å². The van der Waals surface area contributed by atoms with Crippen LogP contribution >= 0.6 is 0 Å². The third kappa shape index (κ3) is 4.49. The first-order valence-corrected chi connectivity index (χ1v) is 6.26. The van der Waals surface area contributed by atoms with E-state index in [1.807, 2.05) is 13.8 Å². The summed E-state index contributed by atoms with van der Waals surface area (Å²) in [6.45, 7) is 5.99. The zero-order chi connectivity index (χ0) is 13.6. The van der Waals surface area contributed by atoms with E-state index >= 15 is 0 Å². The smallest absolute Gasteiger partial charge is 0.331 e. The lowest BCUT2D eigenvalue weighted by Crippen LogP contribution is -2.86. The fraction of sp³-hybridized carbons (Fsp3) is 0.692. The van der Waals surface area contributed by atoms with E-state index in [1.165, 1.54) is 7.11 Å². The number of nitrogens with two attached hydrogens (primary N) is 1. The summed E-state index contributed by atoms with van der Waals surface area (Å²) in [6.07, 6.45) is 4.28. The summed E-state index contributed by atoms with van der Waals surface area (Å²) >= 11 is 0. The SMILES string of the molecule is COC(=O)/C=C\C(=O)OC(C)(C)C1CC[NH2+]CC1. The largest absolute Gasteiger partial charge is 0.466 e. The van der Waals surface area contributed by atoms with Crippen LogP contribution in [-0.2, 0) is 19.1 Å². The summed E-state index contributed by atoms with van der Waals surface area (Å²) in [5.41, 5.74) is -0.494. The number of ether oxygens (including phenoxy) is 2. The van der Waals surface area contributed by atoms with Gasteiger partial charge in [-0.3, -0.25) is 0 Å². The molecule has 5 heteroatoms. The number of quaternary nitrogens is 1. The number of carbonyl (C=O) groups is 2. The van der Waals surface area contributed by atoms with E-state index in [4.69, 9.17) is 4.74 Å². The summed E-state index contributed by atoms with van der Waals surface area (Å²) in [5, 5.41) is 2.27. The molecular weight excluding hydrogens is 234 g/mol. The highest BCUT2D eigenvalue weighted by Crippen LogP contribution is 2.27. The topological polar surface area (TPSA) is 69.2 Å². The number of hydrogen-bond acceptors (Lipinski definition) is 4. The second-order valence-corrected chi connectivity index (χ2v) is 5.02. The molecule has 0 bridgehead atoms. The normalized spacial score (nSPS) is 17.7. The summed E-state index contributed by atoms with van der Waals surface area (Å²) in [4.78, 5) is 22.5. The highest BCUT2D eigenvalue weighted by molar-refractivity contribution is 5.91. The van der Waals surface area contributed by atoms with Gasteiger partial charge in [0.05, 0.1) is 20.2 Å².